The van der Waals surface area contributed by atoms with Crippen LogP contribution < -0.4 is 16.6 Å². The van der Waals surface area contributed by atoms with Crippen LogP contribution in [-0.2, 0) is 0 Å². The Morgan fingerprint density at radius 1 is 1.27 bits per heavy atom. The number of piperidine rings is 1. The smallest absolute Gasteiger partial charge is 0.316 e. The standard InChI is InChI=1S/C9H12ClN3O2/c10-6-7(5-2-1-3-11-4-5)12-9(15)13-8(6)14/h5,11H,1-4H2,(H2,12,13,14,15). The monoisotopic (exact) mass is 229 g/mol. The van der Waals surface area contributed by atoms with Crippen molar-refractivity contribution >= 4 is 11.6 Å². The first-order valence-corrected chi connectivity index (χ1v) is 5.29. The Morgan fingerprint density at radius 2 is 2.07 bits per heavy atom. The lowest BCUT2D eigenvalue weighted by Crippen LogP contribution is -2.33. The molecule has 82 valence electrons. The van der Waals surface area contributed by atoms with Gasteiger partial charge in [-0.1, -0.05) is 11.6 Å². The molecule has 2 rings (SSSR count). The summed E-state index contributed by atoms with van der Waals surface area (Å²) in [7, 11) is 0. The number of halogens is 1. The average Bonchev–Trinajstić information content (AvgIpc) is 2.24. The van der Waals surface area contributed by atoms with Crippen molar-refractivity contribution in [1.29, 1.82) is 0 Å². The second kappa shape index (κ2) is 4.20. The predicted octanol–water partition coefficient (Wildman–Crippen LogP) is 0.184. The molecule has 3 N–H and O–H groups in total. The molecular weight excluding hydrogens is 218 g/mol. The first-order chi connectivity index (χ1) is 7.18. The normalized spacial score (nSPS) is 21.5. The maximum Gasteiger partial charge on any atom is 0.325 e. The number of nitrogens with one attached hydrogen (secondary N) is 3. The van der Waals surface area contributed by atoms with Crippen molar-refractivity contribution in [1.82, 2.24) is 15.3 Å². The predicted molar refractivity (Wildman–Crippen MR) is 57.5 cm³/mol. The summed E-state index contributed by atoms with van der Waals surface area (Å²) < 4.78 is 0. The molecule has 6 heteroatoms. The molecular formula is C9H12ClN3O2. The molecule has 0 bridgehead atoms. The van der Waals surface area contributed by atoms with Gasteiger partial charge >= 0.3 is 5.69 Å². The van der Waals surface area contributed by atoms with Crippen molar-refractivity contribution < 1.29 is 0 Å². The van der Waals surface area contributed by atoms with Crippen molar-refractivity contribution in [3.63, 3.8) is 0 Å². The largest absolute Gasteiger partial charge is 0.325 e. The minimum Gasteiger partial charge on any atom is -0.316 e. The Morgan fingerprint density at radius 3 is 2.73 bits per heavy atom. The van der Waals surface area contributed by atoms with Crippen molar-refractivity contribution in [3.05, 3.63) is 31.6 Å². The zero-order valence-electron chi connectivity index (χ0n) is 8.10. The van der Waals surface area contributed by atoms with Gasteiger partial charge in [0.1, 0.15) is 5.02 Å². The summed E-state index contributed by atoms with van der Waals surface area (Å²) in [5, 5.41) is 3.31. The highest BCUT2D eigenvalue weighted by atomic mass is 35.5. The Labute approximate surface area is 90.9 Å². The van der Waals surface area contributed by atoms with E-state index in [9.17, 15) is 9.59 Å². The van der Waals surface area contributed by atoms with E-state index in [-0.39, 0.29) is 10.9 Å². The molecule has 1 atom stereocenters. The van der Waals surface area contributed by atoms with E-state index in [0.717, 1.165) is 25.9 Å². The number of hydrogen-bond acceptors (Lipinski definition) is 3. The van der Waals surface area contributed by atoms with E-state index >= 15 is 0 Å². The van der Waals surface area contributed by atoms with Crippen LogP contribution in [0.3, 0.4) is 0 Å². The van der Waals surface area contributed by atoms with Gasteiger partial charge in [-0.3, -0.25) is 9.78 Å². The molecule has 15 heavy (non-hydrogen) atoms. The van der Waals surface area contributed by atoms with Gasteiger partial charge in [-0.05, 0) is 19.4 Å². The molecule has 0 amide bonds. The van der Waals surface area contributed by atoms with Crippen LogP contribution in [-0.4, -0.2) is 23.1 Å². The highest BCUT2D eigenvalue weighted by Gasteiger charge is 2.20. The molecule has 0 aliphatic carbocycles. The zero-order chi connectivity index (χ0) is 10.8. The van der Waals surface area contributed by atoms with Crippen LogP contribution >= 0.6 is 11.6 Å². The van der Waals surface area contributed by atoms with Gasteiger partial charge in [0.05, 0.1) is 0 Å². The third-order valence-corrected chi connectivity index (χ3v) is 2.99. The molecule has 0 aromatic carbocycles. The van der Waals surface area contributed by atoms with Crippen molar-refractivity contribution in [2.45, 2.75) is 18.8 Å². The lowest BCUT2D eigenvalue weighted by atomic mass is 9.96. The van der Waals surface area contributed by atoms with Gasteiger partial charge in [-0.25, -0.2) is 4.79 Å². The summed E-state index contributed by atoms with van der Waals surface area (Å²) >= 11 is 5.86. The molecule has 1 aliphatic rings. The van der Waals surface area contributed by atoms with E-state index in [2.05, 4.69) is 15.3 Å². The highest BCUT2D eigenvalue weighted by molar-refractivity contribution is 6.31. The van der Waals surface area contributed by atoms with Gasteiger partial charge in [0.15, 0.2) is 0 Å². The van der Waals surface area contributed by atoms with Gasteiger partial charge in [0.2, 0.25) is 0 Å². The van der Waals surface area contributed by atoms with E-state index < -0.39 is 11.2 Å². The van der Waals surface area contributed by atoms with Crippen molar-refractivity contribution in [2.75, 3.05) is 13.1 Å². The summed E-state index contributed by atoms with van der Waals surface area (Å²) in [6.45, 7) is 1.72. The molecule has 1 fully saturated rings. The molecule has 2 heterocycles. The lowest BCUT2D eigenvalue weighted by Gasteiger charge is -2.22. The number of hydrogen-bond donors (Lipinski definition) is 3. The summed E-state index contributed by atoms with van der Waals surface area (Å²) in [6.07, 6.45) is 1.96. The number of aromatic amines is 2. The van der Waals surface area contributed by atoms with Crippen molar-refractivity contribution in [3.8, 4) is 0 Å². The summed E-state index contributed by atoms with van der Waals surface area (Å²) in [5.74, 6) is 0.126. The van der Waals surface area contributed by atoms with Crippen LogP contribution in [0.4, 0.5) is 0 Å². The third kappa shape index (κ3) is 2.13. The van der Waals surface area contributed by atoms with E-state index in [1.54, 1.807) is 0 Å². The van der Waals surface area contributed by atoms with Gasteiger partial charge in [-0.15, -0.1) is 0 Å². The minimum absolute atomic E-state index is 0.100. The summed E-state index contributed by atoms with van der Waals surface area (Å²) in [5.41, 5.74) is -0.455. The molecule has 1 saturated heterocycles. The van der Waals surface area contributed by atoms with E-state index in [4.69, 9.17) is 11.6 Å². The van der Waals surface area contributed by atoms with Gasteiger partial charge < -0.3 is 10.3 Å². The van der Waals surface area contributed by atoms with Gasteiger partial charge in [-0.2, -0.15) is 0 Å². The van der Waals surface area contributed by atoms with Crippen LogP contribution in [0.25, 0.3) is 0 Å². The molecule has 0 spiro atoms. The van der Waals surface area contributed by atoms with Crippen LogP contribution in [0.1, 0.15) is 24.5 Å². The van der Waals surface area contributed by atoms with E-state index in [1.807, 2.05) is 0 Å². The third-order valence-electron chi connectivity index (χ3n) is 2.62. The van der Waals surface area contributed by atoms with Gasteiger partial charge in [0, 0.05) is 18.2 Å². The van der Waals surface area contributed by atoms with Crippen LogP contribution in [0.5, 0.6) is 0 Å². The van der Waals surface area contributed by atoms with Crippen molar-refractivity contribution in [2.24, 2.45) is 0 Å². The number of H-pyrrole nitrogens is 2. The summed E-state index contributed by atoms with van der Waals surface area (Å²) in [4.78, 5) is 27.1. The fourth-order valence-electron chi connectivity index (χ4n) is 1.87. The first kappa shape index (κ1) is 10.4. The average molecular weight is 230 g/mol. The first-order valence-electron chi connectivity index (χ1n) is 4.91. The Bertz CT molecular complexity index is 459. The Kier molecular flexibility index (Phi) is 2.93. The minimum atomic E-state index is -0.513. The second-order valence-electron chi connectivity index (χ2n) is 3.68. The van der Waals surface area contributed by atoms with Crippen LogP contribution in [0.15, 0.2) is 9.59 Å². The van der Waals surface area contributed by atoms with Crippen LogP contribution in [0, 0.1) is 0 Å². The maximum atomic E-state index is 11.3. The molecule has 0 radical (unpaired) electrons. The summed E-state index contributed by atoms with van der Waals surface area (Å²) in [6, 6.07) is 0. The Balaban J connectivity index is 2.42. The van der Waals surface area contributed by atoms with E-state index in [0.29, 0.717) is 5.69 Å². The molecule has 0 saturated carbocycles. The van der Waals surface area contributed by atoms with Gasteiger partial charge in [0.25, 0.3) is 5.56 Å². The quantitative estimate of drug-likeness (QED) is 0.643. The molecule has 5 nitrogen and oxygen atoms in total. The molecule has 1 aromatic rings. The fourth-order valence-corrected chi connectivity index (χ4v) is 2.12. The Hall–Kier alpha value is -1.07. The molecule has 1 aliphatic heterocycles. The number of aromatic nitrogens is 2. The lowest BCUT2D eigenvalue weighted by molar-refractivity contribution is 0.453. The van der Waals surface area contributed by atoms with E-state index in [1.165, 1.54) is 0 Å². The number of rotatable bonds is 1. The van der Waals surface area contributed by atoms with Crippen LogP contribution in [0.2, 0.25) is 5.02 Å². The maximum absolute atomic E-state index is 11.3. The fraction of sp³-hybridized carbons (Fsp3) is 0.556. The molecule has 1 aromatic heterocycles. The SMILES string of the molecule is O=c1[nH]c(C2CCCNC2)c(Cl)c(=O)[nH]1. The zero-order valence-corrected chi connectivity index (χ0v) is 8.86. The topological polar surface area (TPSA) is 77.8 Å². The molecule has 1 unspecified atom stereocenters. The second-order valence-corrected chi connectivity index (χ2v) is 4.06. The highest BCUT2D eigenvalue weighted by Crippen LogP contribution is 2.24.